The van der Waals surface area contributed by atoms with Gasteiger partial charge in [-0.05, 0) is 64.7 Å². The predicted molar refractivity (Wildman–Crippen MR) is 149 cm³/mol. The number of halogens is 1. The van der Waals surface area contributed by atoms with Crippen molar-refractivity contribution < 1.29 is 19.4 Å². The Morgan fingerprint density at radius 2 is 1.55 bits per heavy atom. The van der Waals surface area contributed by atoms with Gasteiger partial charge in [-0.1, -0.05) is 72.3 Å². The summed E-state index contributed by atoms with van der Waals surface area (Å²) >= 11 is 5.99. The summed E-state index contributed by atoms with van der Waals surface area (Å²) in [6.45, 7) is 0.444. The molecule has 1 atom stereocenters. The Labute approximate surface area is 224 Å². The van der Waals surface area contributed by atoms with Gasteiger partial charge in [0.1, 0.15) is 24.1 Å². The lowest BCUT2D eigenvalue weighted by molar-refractivity contribution is -0.139. The number of rotatable bonds is 9. The highest BCUT2D eigenvalue weighted by molar-refractivity contribution is 6.30. The third-order valence-corrected chi connectivity index (χ3v) is 6.51. The quantitative estimate of drug-likeness (QED) is 0.205. The molecule has 4 aromatic carbocycles. The number of benzene rings is 4. The maximum absolute atomic E-state index is 12.9. The molecule has 0 unspecified atom stereocenters. The third kappa shape index (κ3) is 6.05. The number of hydrogen-bond acceptors (Lipinski definition) is 3. The monoisotopic (exact) mass is 524 g/mol. The number of carboxylic acids is 1. The second kappa shape index (κ2) is 11.2. The lowest BCUT2D eigenvalue weighted by atomic mass is 10.0. The van der Waals surface area contributed by atoms with Crippen LogP contribution in [0.5, 0.6) is 5.75 Å². The number of aliphatic carboxylic acids is 1. The van der Waals surface area contributed by atoms with Gasteiger partial charge in [-0.3, -0.25) is 4.79 Å². The lowest BCUT2D eigenvalue weighted by Crippen LogP contribution is -2.42. The second-order valence-corrected chi connectivity index (χ2v) is 9.42. The number of hydrogen-bond donors (Lipinski definition) is 3. The van der Waals surface area contributed by atoms with Crippen molar-refractivity contribution in [2.24, 2.45) is 0 Å². The maximum atomic E-state index is 12.9. The fraction of sp³-hybridized carbons (Fsp3) is 0.0968. The molecular weight excluding hydrogens is 500 g/mol. The Morgan fingerprint density at radius 3 is 2.26 bits per heavy atom. The third-order valence-electron chi connectivity index (χ3n) is 6.26. The van der Waals surface area contributed by atoms with Crippen molar-refractivity contribution >= 4 is 34.4 Å². The summed E-state index contributed by atoms with van der Waals surface area (Å²) in [6, 6.07) is 31.0. The molecule has 1 heterocycles. The first-order chi connectivity index (χ1) is 18.4. The molecule has 0 fully saturated rings. The summed E-state index contributed by atoms with van der Waals surface area (Å²) in [7, 11) is 0. The minimum Gasteiger partial charge on any atom is -0.489 e. The summed E-state index contributed by atoms with van der Waals surface area (Å²) in [5.41, 5.74) is 4.90. The van der Waals surface area contributed by atoms with Gasteiger partial charge in [0, 0.05) is 22.3 Å². The van der Waals surface area contributed by atoms with Crippen LogP contribution in [0.25, 0.3) is 22.0 Å². The van der Waals surface area contributed by atoms with Gasteiger partial charge in [0.15, 0.2) is 0 Å². The number of ether oxygens (including phenoxy) is 1. The largest absolute Gasteiger partial charge is 0.489 e. The fourth-order valence-electron chi connectivity index (χ4n) is 4.21. The van der Waals surface area contributed by atoms with E-state index in [1.54, 1.807) is 18.2 Å². The highest BCUT2D eigenvalue weighted by Crippen LogP contribution is 2.26. The van der Waals surface area contributed by atoms with Gasteiger partial charge < -0.3 is 20.1 Å². The van der Waals surface area contributed by atoms with Gasteiger partial charge in [-0.2, -0.15) is 0 Å². The topological polar surface area (TPSA) is 91.4 Å². The first kappa shape index (κ1) is 25.1. The molecule has 3 N–H and O–H groups in total. The lowest BCUT2D eigenvalue weighted by Gasteiger charge is -2.14. The molecule has 0 aliphatic carbocycles. The highest BCUT2D eigenvalue weighted by atomic mass is 35.5. The zero-order chi connectivity index (χ0) is 26.5. The summed E-state index contributed by atoms with van der Waals surface area (Å²) in [5, 5.41) is 13.9. The number of carboxylic acid groups (broad SMARTS) is 1. The summed E-state index contributed by atoms with van der Waals surface area (Å²) in [4.78, 5) is 28.0. The molecule has 7 heteroatoms. The van der Waals surface area contributed by atoms with Crippen LogP contribution in [0.15, 0.2) is 103 Å². The molecule has 190 valence electrons. The predicted octanol–water partition coefficient (Wildman–Crippen LogP) is 6.49. The van der Waals surface area contributed by atoms with E-state index < -0.39 is 17.9 Å². The van der Waals surface area contributed by atoms with E-state index in [4.69, 9.17) is 16.3 Å². The fourth-order valence-corrected chi connectivity index (χ4v) is 4.34. The zero-order valence-electron chi connectivity index (χ0n) is 20.4. The summed E-state index contributed by atoms with van der Waals surface area (Å²) < 4.78 is 5.80. The van der Waals surface area contributed by atoms with Gasteiger partial charge in [0.2, 0.25) is 0 Å². The van der Waals surface area contributed by atoms with Gasteiger partial charge >= 0.3 is 5.97 Å². The molecule has 0 spiro atoms. The number of fused-ring (bicyclic) bond motifs is 1. The van der Waals surface area contributed by atoms with Crippen LogP contribution in [0.1, 0.15) is 21.6 Å². The molecule has 0 aliphatic rings. The minimum atomic E-state index is -1.11. The van der Waals surface area contributed by atoms with Crippen LogP contribution >= 0.6 is 11.6 Å². The van der Waals surface area contributed by atoms with Crippen molar-refractivity contribution in [3.05, 3.63) is 125 Å². The Bertz CT molecular complexity index is 1560. The van der Waals surface area contributed by atoms with Crippen molar-refractivity contribution in [3.63, 3.8) is 0 Å². The second-order valence-electron chi connectivity index (χ2n) is 8.98. The van der Waals surface area contributed by atoms with Crippen LogP contribution in [0.3, 0.4) is 0 Å². The van der Waals surface area contributed by atoms with Crippen molar-refractivity contribution in [2.75, 3.05) is 0 Å². The van der Waals surface area contributed by atoms with E-state index >= 15 is 0 Å². The van der Waals surface area contributed by atoms with Crippen LogP contribution in [0.2, 0.25) is 5.02 Å². The van der Waals surface area contributed by atoms with Gasteiger partial charge in [0.25, 0.3) is 5.91 Å². The van der Waals surface area contributed by atoms with Crippen LogP contribution in [-0.4, -0.2) is 28.0 Å². The molecule has 5 rings (SSSR count). The average Bonchev–Trinajstić information content (AvgIpc) is 3.37. The van der Waals surface area contributed by atoms with Gasteiger partial charge in [-0.25, -0.2) is 4.79 Å². The van der Waals surface area contributed by atoms with E-state index in [9.17, 15) is 14.7 Å². The minimum absolute atomic E-state index is 0.140. The molecule has 6 nitrogen and oxygen atoms in total. The van der Waals surface area contributed by atoms with Gasteiger partial charge in [0.05, 0.1) is 0 Å². The van der Waals surface area contributed by atoms with E-state index in [2.05, 4.69) is 10.3 Å². The van der Waals surface area contributed by atoms with Crippen molar-refractivity contribution in [1.29, 1.82) is 0 Å². The average molecular weight is 525 g/mol. The van der Waals surface area contributed by atoms with Crippen molar-refractivity contribution in [1.82, 2.24) is 10.3 Å². The SMILES string of the molecule is O=C(N[C@@H](Cc1ccc(OCc2ccccc2)cc1)C(=O)O)c1cc2cc(-c3ccc(Cl)cc3)ccc2[nH]1. The summed E-state index contributed by atoms with van der Waals surface area (Å²) in [6.07, 6.45) is 0.140. The van der Waals surface area contributed by atoms with Crippen molar-refractivity contribution in [2.45, 2.75) is 19.1 Å². The normalized spacial score (nSPS) is 11.7. The van der Waals surface area contributed by atoms with E-state index in [1.807, 2.05) is 84.9 Å². The number of aromatic nitrogens is 1. The highest BCUT2D eigenvalue weighted by Gasteiger charge is 2.22. The van der Waals surface area contributed by atoms with Crippen LogP contribution in [-0.2, 0) is 17.8 Å². The van der Waals surface area contributed by atoms with Crippen LogP contribution in [0.4, 0.5) is 0 Å². The Kier molecular flexibility index (Phi) is 7.43. The maximum Gasteiger partial charge on any atom is 0.326 e. The standard InChI is InChI=1S/C31H25ClN2O4/c32-25-11-8-22(9-12-25)23-10-15-27-24(17-23)18-28(33-27)30(35)34-29(31(36)37)16-20-6-13-26(14-7-20)38-19-21-4-2-1-3-5-21/h1-15,17-18,29,33H,16,19H2,(H,34,35)(H,36,37)/t29-/m0/s1. The Hall–Kier alpha value is -4.55. The molecule has 38 heavy (non-hydrogen) atoms. The molecule has 5 aromatic rings. The summed E-state index contributed by atoms with van der Waals surface area (Å²) in [5.74, 6) is -0.905. The number of carbonyl (C=O) groups excluding carboxylic acids is 1. The molecular formula is C31H25ClN2O4. The van der Waals surface area contributed by atoms with Gasteiger partial charge in [-0.15, -0.1) is 0 Å². The molecule has 0 saturated heterocycles. The van der Waals surface area contributed by atoms with E-state index in [-0.39, 0.29) is 6.42 Å². The Balaban J connectivity index is 1.24. The molecule has 0 radical (unpaired) electrons. The van der Waals surface area contributed by atoms with Crippen LogP contribution < -0.4 is 10.1 Å². The van der Waals surface area contributed by atoms with E-state index in [1.165, 1.54) is 0 Å². The first-order valence-corrected chi connectivity index (χ1v) is 12.5. The number of nitrogens with one attached hydrogen (secondary N) is 2. The number of carbonyl (C=O) groups is 2. The molecule has 0 aliphatic heterocycles. The molecule has 1 aromatic heterocycles. The Morgan fingerprint density at radius 1 is 0.842 bits per heavy atom. The van der Waals surface area contributed by atoms with Crippen LogP contribution in [0, 0.1) is 0 Å². The zero-order valence-corrected chi connectivity index (χ0v) is 21.1. The first-order valence-electron chi connectivity index (χ1n) is 12.1. The smallest absolute Gasteiger partial charge is 0.326 e. The molecule has 1 amide bonds. The molecule has 0 bridgehead atoms. The number of H-pyrrole nitrogens is 1. The number of amides is 1. The molecule has 0 saturated carbocycles. The number of aromatic amines is 1. The van der Waals surface area contributed by atoms with E-state index in [0.29, 0.717) is 23.1 Å². The van der Waals surface area contributed by atoms with E-state index in [0.717, 1.165) is 33.2 Å². The van der Waals surface area contributed by atoms with Crippen molar-refractivity contribution in [3.8, 4) is 16.9 Å².